The fourth-order valence-electron chi connectivity index (χ4n) is 1.39. The summed E-state index contributed by atoms with van der Waals surface area (Å²) in [6, 6.07) is 15.2. The van der Waals surface area contributed by atoms with E-state index >= 15 is 0 Å². The summed E-state index contributed by atoms with van der Waals surface area (Å²) in [4.78, 5) is 22.3. The van der Waals surface area contributed by atoms with Crippen molar-refractivity contribution < 1.29 is 14.3 Å². The van der Waals surface area contributed by atoms with E-state index in [2.05, 4.69) is 0 Å². The molecule has 0 amide bonds. The van der Waals surface area contributed by atoms with Crippen molar-refractivity contribution in [1.82, 2.24) is 0 Å². The third kappa shape index (κ3) is 2.78. The third-order valence-electron chi connectivity index (χ3n) is 2.21. The largest absolute Gasteiger partial charge is 0.423 e. The van der Waals surface area contributed by atoms with Gasteiger partial charge in [-0.05, 0) is 24.3 Å². The second-order valence-corrected chi connectivity index (χ2v) is 3.45. The molecule has 0 saturated heterocycles. The van der Waals surface area contributed by atoms with Crippen molar-refractivity contribution in [3.05, 3.63) is 65.7 Å². The topological polar surface area (TPSA) is 43.4 Å². The SMILES string of the molecule is O=Cc1cccc(OC(=O)c2ccccc2)c1. The molecule has 0 radical (unpaired) electrons. The van der Waals surface area contributed by atoms with Crippen LogP contribution in [0.25, 0.3) is 0 Å². The maximum atomic E-state index is 11.7. The zero-order valence-electron chi connectivity index (χ0n) is 9.00. The molecule has 0 aliphatic rings. The molecule has 3 nitrogen and oxygen atoms in total. The number of rotatable bonds is 3. The van der Waals surface area contributed by atoms with Crippen LogP contribution in [0.3, 0.4) is 0 Å². The van der Waals surface area contributed by atoms with Crippen LogP contribution < -0.4 is 4.74 Å². The Labute approximate surface area is 98.7 Å². The fraction of sp³-hybridized carbons (Fsp3) is 0. The minimum atomic E-state index is -0.436. The summed E-state index contributed by atoms with van der Waals surface area (Å²) in [5, 5.41) is 0. The highest BCUT2D eigenvalue weighted by Gasteiger charge is 2.07. The summed E-state index contributed by atoms with van der Waals surface area (Å²) in [5.41, 5.74) is 0.951. The summed E-state index contributed by atoms with van der Waals surface area (Å²) in [6.07, 6.45) is 0.708. The Bertz CT molecular complexity index is 532. The van der Waals surface area contributed by atoms with E-state index in [1.807, 2.05) is 6.07 Å². The molecule has 0 bridgehead atoms. The van der Waals surface area contributed by atoms with Crippen molar-refractivity contribution in [3.8, 4) is 5.75 Å². The highest BCUT2D eigenvalue weighted by molar-refractivity contribution is 5.91. The normalized spacial score (nSPS) is 9.65. The molecule has 2 rings (SSSR count). The minimum Gasteiger partial charge on any atom is -0.423 e. The first kappa shape index (κ1) is 11.1. The predicted octanol–water partition coefficient (Wildman–Crippen LogP) is 2.72. The van der Waals surface area contributed by atoms with Crippen LogP contribution >= 0.6 is 0 Å². The van der Waals surface area contributed by atoms with Crippen LogP contribution in [0.4, 0.5) is 0 Å². The fourth-order valence-corrected chi connectivity index (χ4v) is 1.39. The lowest BCUT2D eigenvalue weighted by molar-refractivity contribution is 0.0734. The van der Waals surface area contributed by atoms with Crippen molar-refractivity contribution >= 4 is 12.3 Å². The molecule has 84 valence electrons. The Balaban J connectivity index is 2.16. The molecule has 0 unspecified atom stereocenters. The molecule has 0 heterocycles. The van der Waals surface area contributed by atoms with Crippen molar-refractivity contribution in [1.29, 1.82) is 0 Å². The first-order valence-electron chi connectivity index (χ1n) is 5.12. The van der Waals surface area contributed by atoms with E-state index in [9.17, 15) is 9.59 Å². The van der Waals surface area contributed by atoms with E-state index in [1.165, 1.54) is 6.07 Å². The smallest absolute Gasteiger partial charge is 0.343 e. The van der Waals surface area contributed by atoms with Gasteiger partial charge in [-0.25, -0.2) is 4.79 Å². The van der Waals surface area contributed by atoms with Crippen LogP contribution in [-0.2, 0) is 0 Å². The first-order valence-corrected chi connectivity index (χ1v) is 5.12. The van der Waals surface area contributed by atoms with E-state index in [-0.39, 0.29) is 0 Å². The van der Waals surface area contributed by atoms with Crippen molar-refractivity contribution in [2.24, 2.45) is 0 Å². The summed E-state index contributed by atoms with van der Waals surface area (Å²) >= 11 is 0. The Morgan fingerprint density at radius 3 is 2.47 bits per heavy atom. The number of carbonyl (C=O) groups is 2. The lowest BCUT2D eigenvalue weighted by Crippen LogP contribution is -2.08. The molecule has 3 heteroatoms. The van der Waals surface area contributed by atoms with E-state index in [1.54, 1.807) is 42.5 Å². The number of carbonyl (C=O) groups excluding carboxylic acids is 2. The number of ether oxygens (including phenoxy) is 1. The second-order valence-electron chi connectivity index (χ2n) is 3.45. The predicted molar refractivity (Wildman–Crippen MR) is 63.2 cm³/mol. The van der Waals surface area contributed by atoms with Gasteiger partial charge in [0.1, 0.15) is 12.0 Å². The highest BCUT2D eigenvalue weighted by atomic mass is 16.5. The standard InChI is InChI=1S/C14H10O3/c15-10-11-5-4-8-13(9-11)17-14(16)12-6-2-1-3-7-12/h1-10H. The molecule has 17 heavy (non-hydrogen) atoms. The quantitative estimate of drug-likeness (QED) is 0.459. The summed E-state index contributed by atoms with van der Waals surface area (Å²) in [7, 11) is 0. The average Bonchev–Trinajstić information content (AvgIpc) is 2.40. The van der Waals surface area contributed by atoms with Gasteiger partial charge in [0, 0.05) is 5.56 Å². The minimum absolute atomic E-state index is 0.364. The molecule has 0 aromatic heterocycles. The van der Waals surface area contributed by atoms with Crippen LogP contribution in [0.5, 0.6) is 5.75 Å². The second kappa shape index (κ2) is 5.07. The van der Waals surface area contributed by atoms with Crippen LogP contribution in [0.15, 0.2) is 54.6 Å². The summed E-state index contributed by atoms with van der Waals surface area (Å²) < 4.78 is 5.15. The molecule has 0 saturated carbocycles. The highest BCUT2D eigenvalue weighted by Crippen LogP contribution is 2.14. The van der Waals surface area contributed by atoms with Gasteiger partial charge in [0.25, 0.3) is 0 Å². The Morgan fingerprint density at radius 2 is 1.76 bits per heavy atom. The zero-order chi connectivity index (χ0) is 12.1. The molecule has 0 fully saturated rings. The van der Waals surface area contributed by atoms with Crippen molar-refractivity contribution in [3.63, 3.8) is 0 Å². The van der Waals surface area contributed by atoms with E-state index in [4.69, 9.17) is 4.74 Å². The molecule has 2 aromatic rings. The van der Waals surface area contributed by atoms with Gasteiger partial charge < -0.3 is 4.74 Å². The van der Waals surface area contributed by atoms with Crippen molar-refractivity contribution in [2.45, 2.75) is 0 Å². The van der Waals surface area contributed by atoms with Gasteiger partial charge in [0.15, 0.2) is 0 Å². The Hall–Kier alpha value is -2.42. The number of hydrogen-bond acceptors (Lipinski definition) is 3. The van der Waals surface area contributed by atoms with Gasteiger partial charge in [-0.1, -0.05) is 30.3 Å². The summed E-state index contributed by atoms with van der Waals surface area (Å²) in [5.74, 6) is -0.0721. The lowest BCUT2D eigenvalue weighted by Gasteiger charge is -2.04. The molecular formula is C14H10O3. The molecule has 0 spiro atoms. The molecule has 0 atom stereocenters. The van der Waals surface area contributed by atoms with Crippen molar-refractivity contribution in [2.75, 3.05) is 0 Å². The van der Waals surface area contributed by atoms with E-state index < -0.39 is 5.97 Å². The number of benzene rings is 2. The van der Waals surface area contributed by atoms with Crippen LogP contribution in [-0.4, -0.2) is 12.3 Å². The lowest BCUT2D eigenvalue weighted by atomic mass is 10.2. The van der Waals surface area contributed by atoms with Gasteiger partial charge in [0.05, 0.1) is 5.56 Å². The Morgan fingerprint density at radius 1 is 1.00 bits per heavy atom. The maximum Gasteiger partial charge on any atom is 0.343 e. The first-order chi connectivity index (χ1) is 8.29. The molecular weight excluding hydrogens is 216 g/mol. The monoisotopic (exact) mass is 226 g/mol. The van der Waals surface area contributed by atoms with Crippen LogP contribution in [0.2, 0.25) is 0 Å². The number of aldehydes is 1. The van der Waals surface area contributed by atoms with Gasteiger partial charge >= 0.3 is 5.97 Å². The molecule has 0 aliphatic carbocycles. The average molecular weight is 226 g/mol. The summed E-state index contributed by atoms with van der Waals surface area (Å²) in [6.45, 7) is 0. The Kier molecular flexibility index (Phi) is 3.31. The molecule has 2 aromatic carbocycles. The van der Waals surface area contributed by atoms with Gasteiger partial charge in [-0.15, -0.1) is 0 Å². The van der Waals surface area contributed by atoms with Gasteiger partial charge in [-0.2, -0.15) is 0 Å². The van der Waals surface area contributed by atoms with E-state index in [0.29, 0.717) is 23.2 Å². The van der Waals surface area contributed by atoms with Gasteiger partial charge in [0.2, 0.25) is 0 Å². The van der Waals surface area contributed by atoms with E-state index in [0.717, 1.165) is 0 Å². The molecule has 0 aliphatic heterocycles. The van der Waals surface area contributed by atoms with Crippen LogP contribution in [0, 0.1) is 0 Å². The van der Waals surface area contributed by atoms with Gasteiger partial charge in [-0.3, -0.25) is 4.79 Å². The van der Waals surface area contributed by atoms with Crippen LogP contribution in [0.1, 0.15) is 20.7 Å². The third-order valence-corrected chi connectivity index (χ3v) is 2.21. The maximum absolute atomic E-state index is 11.7. The zero-order valence-corrected chi connectivity index (χ0v) is 9.00. The number of esters is 1. The number of hydrogen-bond donors (Lipinski definition) is 0. The molecule has 0 N–H and O–H groups in total.